The van der Waals surface area contributed by atoms with Crippen LogP contribution < -0.4 is 20.7 Å². The average Bonchev–Trinajstić information content (AvgIpc) is 3.53. The quantitative estimate of drug-likeness (QED) is 0.227. The van der Waals surface area contributed by atoms with E-state index >= 15 is 0 Å². The maximum atomic E-state index is 14.7. The molecule has 3 fully saturated rings. The smallest absolute Gasteiger partial charge is 0.410 e. The molecular weight excluding hydrogens is 863 g/mol. The van der Waals surface area contributed by atoms with Crippen LogP contribution in [-0.2, 0) is 47.0 Å². The lowest BCUT2D eigenvalue weighted by molar-refractivity contribution is -0.142. The molecule has 2 aromatic rings. The fourth-order valence-electron chi connectivity index (χ4n) is 9.34. The highest BCUT2D eigenvalue weighted by atomic mass is 32.2. The lowest BCUT2D eigenvalue weighted by Gasteiger charge is -2.32. The Morgan fingerprint density at radius 1 is 1.00 bits per heavy atom. The number of ether oxygens (including phenoxy) is 1. The monoisotopic (exact) mass is 917 g/mol. The van der Waals surface area contributed by atoms with Gasteiger partial charge in [0.25, 0.3) is 22.4 Å². The highest BCUT2D eigenvalue weighted by Crippen LogP contribution is 2.45. The first-order valence-corrected chi connectivity index (χ1v) is 23.4. The summed E-state index contributed by atoms with van der Waals surface area (Å²) < 4.78 is 90.4. The molecule has 2 saturated heterocycles. The van der Waals surface area contributed by atoms with Gasteiger partial charge in [-0.2, -0.15) is 0 Å². The van der Waals surface area contributed by atoms with E-state index in [-0.39, 0.29) is 63.5 Å². The van der Waals surface area contributed by atoms with Crippen molar-refractivity contribution in [1.82, 2.24) is 30.1 Å². The SMILES string of the molecule is C=C[C@@H]1C[C@@]12NC(=O)[C@@H]1C[C@@H](OC(=O)N3Cc4cccc(F)c4C3)CN1C(=O)[C@@H](NC(=O)CC1CCN(CC(F)F)CC1)CCCCCCCNc1ccc(F)cc1S(=O)(=O)NC2=O. The van der Waals surface area contributed by atoms with Crippen LogP contribution in [0.15, 0.2) is 53.9 Å². The number of halogens is 4. The first kappa shape index (κ1) is 46.7. The first-order chi connectivity index (χ1) is 30.6. The van der Waals surface area contributed by atoms with E-state index in [1.54, 1.807) is 11.0 Å². The van der Waals surface area contributed by atoms with E-state index in [4.69, 9.17) is 4.74 Å². The minimum atomic E-state index is -4.71. The maximum absolute atomic E-state index is 14.7. The number of carbonyl (C=O) groups is 5. The zero-order chi connectivity index (χ0) is 45.8. The third kappa shape index (κ3) is 10.8. The number of sulfonamides is 1. The van der Waals surface area contributed by atoms with Crippen molar-refractivity contribution in [2.45, 2.75) is 119 Å². The Morgan fingerprint density at radius 2 is 1.75 bits per heavy atom. The molecule has 64 heavy (non-hydrogen) atoms. The highest BCUT2D eigenvalue weighted by molar-refractivity contribution is 7.90. The first-order valence-electron chi connectivity index (χ1n) is 21.9. The van der Waals surface area contributed by atoms with Crippen LogP contribution in [0.5, 0.6) is 0 Å². The fraction of sp³-hybridized carbons (Fsp3) is 0.568. The van der Waals surface area contributed by atoms with Gasteiger partial charge in [-0.1, -0.05) is 43.9 Å². The van der Waals surface area contributed by atoms with Crippen LogP contribution in [-0.4, -0.2) is 116 Å². The van der Waals surface area contributed by atoms with Gasteiger partial charge < -0.3 is 25.6 Å². The normalized spacial score (nSPS) is 27.1. The molecule has 0 unspecified atom stereocenters. The molecule has 15 nitrogen and oxygen atoms in total. The Bertz CT molecular complexity index is 2230. The molecule has 20 heteroatoms. The average molecular weight is 918 g/mol. The predicted octanol–water partition coefficient (Wildman–Crippen LogP) is 4.57. The number of alkyl halides is 2. The van der Waals surface area contributed by atoms with E-state index in [1.807, 2.05) is 4.72 Å². The number of likely N-dealkylation sites (tertiary alicyclic amines) is 1. The van der Waals surface area contributed by atoms with Gasteiger partial charge in [0.15, 0.2) is 0 Å². The summed E-state index contributed by atoms with van der Waals surface area (Å²) in [6, 6.07) is 5.19. The second-order valence-corrected chi connectivity index (χ2v) is 19.2. The van der Waals surface area contributed by atoms with Crippen LogP contribution in [0.1, 0.15) is 81.8 Å². The van der Waals surface area contributed by atoms with E-state index in [9.17, 15) is 50.0 Å². The van der Waals surface area contributed by atoms with E-state index in [0.717, 1.165) is 12.1 Å². The largest absolute Gasteiger partial charge is 0.444 e. The van der Waals surface area contributed by atoms with Crippen molar-refractivity contribution >= 4 is 45.4 Å². The van der Waals surface area contributed by atoms with Crippen molar-refractivity contribution in [2.75, 3.05) is 38.0 Å². The Balaban J connectivity index is 1.14. The summed E-state index contributed by atoms with van der Waals surface area (Å²) >= 11 is 0. The molecule has 1 saturated carbocycles. The van der Waals surface area contributed by atoms with Gasteiger partial charge in [0.1, 0.15) is 40.3 Å². The number of anilines is 1. The van der Waals surface area contributed by atoms with Crippen molar-refractivity contribution in [3.05, 3.63) is 71.8 Å². The van der Waals surface area contributed by atoms with Crippen molar-refractivity contribution in [3.8, 4) is 0 Å². The topological polar surface area (TPSA) is 187 Å². The third-order valence-corrected chi connectivity index (χ3v) is 14.4. The molecule has 0 bridgehead atoms. The van der Waals surface area contributed by atoms with Crippen molar-refractivity contribution in [1.29, 1.82) is 0 Å². The number of piperidine rings is 1. The number of benzene rings is 2. The van der Waals surface area contributed by atoms with Gasteiger partial charge in [0.2, 0.25) is 17.7 Å². The minimum absolute atomic E-state index is 0.0528. The van der Waals surface area contributed by atoms with Gasteiger partial charge >= 0.3 is 6.09 Å². The Kier molecular flexibility index (Phi) is 14.5. The summed E-state index contributed by atoms with van der Waals surface area (Å²) in [6.07, 6.45) is 1.22. The second kappa shape index (κ2) is 19.9. The maximum Gasteiger partial charge on any atom is 0.410 e. The molecule has 5 aliphatic rings. The predicted molar refractivity (Wildman–Crippen MR) is 225 cm³/mol. The number of nitrogens with zero attached hydrogens (tertiary/aromatic N) is 3. The molecule has 348 valence electrons. The molecule has 0 radical (unpaired) electrons. The third-order valence-electron chi connectivity index (χ3n) is 13.0. The van der Waals surface area contributed by atoms with Crippen LogP contribution in [0.2, 0.25) is 0 Å². The van der Waals surface area contributed by atoms with E-state index < -0.39 is 92.3 Å². The van der Waals surface area contributed by atoms with Crippen LogP contribution in [0, 0.1) is 23.5 Å². The van der Waals surface area contributed by atoms with Crippen molar-refractivity contribution in [3.63, 3.8) is 0 Å². The molecular formula is C44H55F4N7O8S. The number of amides is 5. The number of fused-ring (bicyclic) bond motifs is 3. The minimum Gasteiger partial charge on any atom is -0.444 e. The molecule has 4 aliphatic heterocycles. The van der Waals surface area contributed by atoms with Crippen LogP contribution >= 0.6 is 0 Å². The number of rotatable bonds is 7. The Labute approximate surface area is 369 Å². The molecule has 4 N–H and O–H groups in total. The Hall–Kier alpha value is -5.24. The molecule has 5 amide bonds. The summed E-state index contributed by atoms with van der Waals surface area (Å²) in [5, 5.41) is 8.58. The van der Waals surface area contributed by atoms with Gasteiger partial charge in [0, 0.05) is 37.4 Å². The van der Waals surface area contributed by atoms with Crippen LogP contribution in [0.4, 0.5) is 28.0 Å². The van der Waals surface area contributed by atoms with Gasteiger partial charge in [-0.15, -0.1) is 6.58 Å². The van der Waals surface area contributed by atoms with E-state index in [0.29, 0.717) is 75.7 Å². The number of hydrogen-bond donors (Lipinski definition) is 4. The number of hydrogen-bond acceptors (Lipinski definition) is 10. The molecule has 5 atom stereocenters. The summed E-state index contributed by atoms with van der Waals surface area (Å²) in [5.74, 6) is -5.18. The van der Waals surface area contributed by atoms with Gasteiger partial charge in [0.05, 0.1) is 25.3 Å². The molecule has 1 spiro atoms. The lowest BCUT2D eigenvalue weighted by atomic mass is 9.93. The van der Waals surface area contributed by atoms with E-state index in [2.05, 4.69) is 22.5 Å². The molecule has 2 aromatic carbocycles. The summed E-state index contributed by atoms with van der Waals surface area (Å²) in [4.78, 5) is 74.1. The fourth-order valence-corrected chi connectivity index (χ4v) is 10.6. The van der Waals surface area contributed by atoms with Crippen molar-refractivity contribution < 1.29 is 54.7 Å². The summed E-state index contributed by atoms with van der Waals surface area (Å²) in [5.41, 5.74) is -0.809. The standard InChI is InChI=1S/C44H55F4N7O8S/c1-2-29-22-44(29)42(59)52-64(61,62)37-20-30(45)12-13-34(37)49-16-7-5-3-4-6-11-35(50-39(56)19-27-14-17-53(18-15-27)26-38(47)48)41(58)55-24-31(21-36(55)40(57)51-44)63-43(60)54-23-28-9-8-10-33(46)32(28)25-54/h2,8-10,12-13,20,27,29,31,35-36,38,49H,1,3-7,11,14-19,21-26H2,(H,50,56)(H,51,57)(H,52,59)/t29-,31-,35+,36+,44-/m1/s1. The molecule has 0 aromatic heterocycles. The van der Waals surface area contributed by atoms with Gasteiger partial charge in [-0.05, 0) is 80.9 Å². The summed E-state index contributed by atoms with van der Waals surface area (Å²) in [6.45, 7) is 4.28. The number of nitrogens with one attached hydrogen (secondary N) is 4. The van der Waals surface area contributed by atoms with Gasteiger partial charge in [-0.25, -0.2) is 35.5 Å². The Morgan fingerprint density at radius 3 is 2.47 bits per heavy atom. The van der Waals surface area contributed by atoms with Gasteiger partial charge in [-0.3, -0.25) is 29.0 Å². The zero-order valence-corrected chi connectivity index (χ0v) is 36.3. The lowest BCUT2D eigenvalue weighted by Crippen LogP contribution is -2.58. The highest BCUT2D eigenvalue weighted by Gasteiger charge is 2.61. The molecule has 7 rings (SSSR count). The van der Waals surface area contributed by atoms with E-state index in [1.165, 1.54) is 34.1 Å². The second-order valence-electron chi connectivity index (χ2n) is 17.5. The number of carbonyl (C=O) groups excluding carboxylic acids is 5. The summed E-state index contributed by atoms with van der Waals surface area (Å²) in [7, 11) is -4.71. The van der Waals surface area contributed by atoms with Crippen molar-refractivity contribution in [2.24, 2.45) is 11.8 Å². The van der Waals surface area contributed by atoms with Crippen LogP contribution in [0.3, 0.4) is 0 Å². The zero-order valence-electron chi connectivity index (χ0n) is 35.5. The molecule has 1 aliphatic carbocycles. The molecule has 4 heterocycles. The van der Waals surface area contributed by atoms with Crippen LogP contribution in [0.25, 0.3) is 0 Å².